The van der Waals surface area contributed by atoms with Gasteiger partial charge in [0.15, 0.2) is 0 Å². The normalized spacial score (nSPS) is 12.4. The molecule has 0 spiro atoms. The molecule has 0 bridgehead atoms. The lowest BCUT2D eigenvalue weighted by atomic mass is 10.0. The van der Waals surface area contributed by atoms with Crippen molar-refractivity contribution in [2.24, 2.45) is 0 Å². The van der Waals surface area contributed by atoms with E-state index in [-0.39, 0.29) is 11.2 Å². The van der Waals surface area contributed by atoms with Gasteiger partial charge in [-0.25, -0.2) is 4.98 Å². The zero-order valence-corrected chi connectivity index (χ0v) is 15.8. The van der Waals surface area contributed by atoms with Crippen molar-refractivity contribution >= 4 is 28.6 Å². The number of carbonyl (C=O) groups excluding carboxylic acids is 1. The fourth-order valence-corrected chi connectivity index (χ4v) is 3.90. The molecule has 0 aliphatic rings. The Morgan fingerprint density at radius 3 is 2.39 bits per heavy atom. The summed E-state index contributed by atoms with van der Waals surface area (Å²) >= 11 is 1.55. The third-order valence-electron chi connectivity index (χ3n) is 4.15. The number of aromatic nitrogens is 1. The third-order valence-corrected chi connectivity index (χ3v) is 5.16. The van der Waals surface area contributed by atoms with E-state index in [1.54, 1.807) is 11.8 Å². The number of benzene rings is 1. The van der Waals surface area contributed by atoms with Crippen molar-refractivity contribution in [3.63, 3.8) is 0 Å². The largest absolute Gasteiger partial charge is 0.342 e. The van der Waals surface area contributed by atoms with E-state index in [2.05, 4.69) is 39.0 Å². The summed E-state index contributed by atoms with van der Waals surface area (Å²) in [5, 5.41) is 2.01. The second-order valence-electron chi connectivity index (χ2n) is 6.03. The molecule has 1 amide bonds. The van der Waals surface area contributed by atoms with Gasteiger partial charge in [0.25, 0.3) is 0 Å². The van der Waals surface area contributed by atoms with Gasteiger partial charge in [-0.1, -0.05) is 23.4 Å². The first kappa shape index (κ1) is 17.8. The number of nitrogens with zero attached hydrogens (tertiary/aromatic N) is 2. The molecule has 0 saturated heterocycles. The monoisotopic (exact) mass is 330 g/mol. The van der Waals surface area contributed by atoms with E-state index in [0.29, 0.717) is 0 Å². The molecule has 124 valence electrons. The molecule has 0 aliphatic carbocycles. The van der Waals surface area contributed by atoms with Crippen molar-refractivity contribution in [2.75, 3.05) is 13.1 Å². The fraction of sp³-hybridized carbons (Fsp3) is 0.474. The summed E-state index contributed by atoms with van der Waals surface area (Å²) in [5.41, 5.74) is 4.70. The fourth-order valence-electron chi connectivity index (χ4n) is 2.90. The van der Waals surface area contributed by atoms with Gasteiger partial charge < -0.3 is 4.90 Å². The molecular weight excluding hydrogens is 304 g/mol. The SMILES string of the molecule is CCN(CC)C(=O)C(C)Sc1cc(C)c2cc(C)cc(C)c2n1. The van der Waals surface area contributed by atoms with Crippen molar-refractivity contribution in [3.05, 3.63) is 34.9 Å². The molecular formula is C19H26N2OS. The Morgan fingerprint density at radius 2 is 1.78 bits per heavy atom. The van der Waals surface area contributed by atoms with Gasteiger partial charge in [0.1, 0.15) is 0 Å². The third kappa shape index (κ3) is 3.86. The zero-order chi connectivity index (χ0) is 17.1. The Bertz CT molecular complexity index is 723. The predicted octanol–water partition coefficient (Wildman–Crippen LogP) is 4.51. The van der Waals surface area contributed by atoms with Gasteiger partial charge in [-0.05, 0) is 64.8 Å². The highest BCUT2D eigenvalue weighted by atomic mass is 32.2. The number of hydrogen-bond acceptors (Lipinski definition) is 3. The number of thioether (sulfide) groups is 1. The van der Waals surface area contributed by atoms with Crippen LogP contribution in [-0.4, -0.2) is 34.1 Å². The second kappa shape index (κ2) is 7.35. The van der Waals surface area contributed by atoms with Crippen LogP contribution in [0.2, 0.25) is 0 Å². The summed E-state index contributed by atoms with van der Waals surface area (Å²) in [6, 6.07) is 6.44. The van der Waals surface area contributed by atoms with Gasteiger partial charge in [0.05, 0.1) is 15.8 Å². The highest BCUT2D eigenvalue weighted by Gasteiger charge is 2.20. The van der Waals surface area contributed by atoms with Crippen molar-refractivity contribution in [2.45, 2.75) is 51.8 Å². The van der Waals surface area contributed by atoms with Gasteiger partial charge in [0.2, 0.25) is 5.91 Å². The highest BCUT2D eigenvalue weighted by molar-refractivity contribution is 8.00. The molecule has 2 rings (SSSR count). The minimum absolute atomic E-state index is 0.120. The number of fused-ring (bicyclic) bond motifs is 1. The van der Waals surface area contributed by atoms with Crippen LogP contribution < -0.4 is 0 Å². The van der Waals surface area contributed by atoms with Crippen LogP contribution in [0.15, 0.2) is 23.2 Å². The molecule has 1 aromatic carbocycles. The van der Waals surface area contributed by atoms with Crippen LogP contribution in [0.25, 0.3) is 10.9 Å². The summed E-state index contributed by atoms with van der Waals surface area (Å²) in [6.07, 6.45) is 0. The Kier molecular flexibility index (Phi) is 5.69. The summed E-state index contributed by atoms with van der Waals surface area (Å²) in [6.45, 7) is 13.8. The zero-order valence-electron chi connectivity index (χ0n) is 14.9. The average molecular weight is 330 g/mol. The molecule has 0 saturated carbocycles. The molecule has 23 heavy (non-hydrogen) atoms. The Labute approximate surface area is 143 Å². The topological polar surface area (TPSA) is 33.2 Å². The van der Waals surface area contributed by atoms with Crippen LogP contribution >= 0.6 is 11.8 Å². The van der Waals surface area contributed by atoms with Crippen LogP contribution in [0.5, 0.6) is 0 Å². The molecule has 1 unspecified atom stereocenters. The molecule has 1 aromatic heterocycles. The van der Waals surface area contributed by atoms with Gasteiger partial charge in [-0.15, -0.1) is 0 Å². The van der Waals surface area contributed by atoms with E-state index in [0.717, 1.165) is 23.6 Å². The van der Waals surface area contributed by atoms with E-state index in [9.17, 15) is 4.79 Å². The second-order valence-corrected chi connectivity index (χ2v) is 7.39. The Balaban J connectivity index is 2.32. The number of hydrogen-bond donors (Lipinski definition) is 0. The van der Waals surface area contributed by atoms with Crippen LogP contribution in [-0.2, 0) is 4.79 Å². The summed E-state index contributed by atoms with van der Waals surface area (Å²) in [7, 11) is 0. The molecule has 0 fully saturated rings. The smallest absolute Gasteiger partial charge is 0.235 e. The molecule has 0 aliphatic heterocycles. The maximum atomic E-state index is 12.4. The quantitative estimate of drug-likeness (QED) is 0.756. The van der Waals surface area contributed by atoms with E-state index in [4.69, 9.17) is 4.98 Å². The van der Waals surface area contributed by atoms with Gasteiger partial charge in [0, 0.05) is 18.5 Å². The summed E-state index contributed by atoms with van der Waals surface area (Å²) < 4.78 is 0. The number of carbonyl (C=O) groups is 1. The van der Waals surface area contributed by atoms with Crippen LogP contribution in [0.4, 0.5) is 0 Å². The minimum Gasteiger partial charge on any atom is -0.342 e. The number of rotatable bonds is 5. The molecule has 4 heteroatoms. The maximum Gasteiger partial charge on any atom is 0.235 e. The Morgan fingerprint density at radius 1 is 1.13 bits per heavy atom. The number of aryl methyl sites for hydroxylation is 3. The van der Waals surface area contributed by atoms with Crippen LogP contribution in [0, 0.1) is 20.8 Å². The van der Waals surface area contributed by atoms with Crippen molar-refractivity contribution in [3.8, 4) is 0 Å². The van der Waals surface area contributed by atoms with Crippen LogP contribution in [0.3, 0.4) is 0 Å². The van der Waals surface area contributed by atoms with Gasteiger partial charge in [-0.3, -0.25) is 4.79 Å². The maximum absolute atomic E-state index is 12.4. The Hall–Kier alpha value is -1.55. The van der Waals surface area contributed by atoms with E-state index >= 15 is 0 Å². The standard InChI is InChI=1S/C19H26N2OS/c1-7-21(8-2)19(22)15(6)23-17-11-13(4)16-10-12(3)9-14(5)18(16)20-17/h9-11,15H,7-8H2,1-6H3. The molecule has 2 aromatic rings. The predicted molar refractivity (Wildman–Crippen MR) is 99.2 cm³/mol. The van der Waals surface area contributed by atoms with E-state index in [1.165, 1.54) is 22.1 Å². The first-order chi connectivity index (χ1) is 10.9. The van der Waals surface area contributed by atoms with E-state index < -0.39 is 0 Å². The molecule has 0 radical (unpaired) electrons. The molecule has 1 heterocycles. The lowest BCUT2D eigenvalue weighted by molar-refractivity contribution is -0.129. The lowest BCUT2D eigenvalue weighted by Gasteiger charge is -2.22. The molecule has 0 N–H and O–H groups in total. The van der Waals surface area contributed by atoms with Gasteiger partial charge >= 0.3 is 0 Å². The highest BCUT2D eigenvalue weighted by Crippen LogP contribution is 2.29. The first-order valence-electron chi connectivity index (χ1n) is 8.21. The van der Waals surface area contributed by atoms with Crippen molar-refractivity contribution in [1.82, 2.24) is 9.88 Å². The van der Waals surface area contributed by atoms with Gasteiger partial charge in [-0.2, -0.15) is 0 Å². The average Bonchev–Trinajstić information content (AvgIpc) is 2.49. The summed E-state index contributed by atoms with van der Waals surface area (Å²) in [5.74, 6) is 0.181. The minimum atomic E-state index is -0.120. The van der Waals surface area contributed by atoms with Crippen LogP contribution in [0.1, 0.15) is 37.5 Å². The first-order valence-corrected chi connectivity index (χ1v) is 9.09. The van der Waals surface area contributed by atoms with Crippen molar-refractivity contribution in [1.29, 1.82) is 0 Å². The molecule has 3 nitrogen and oxygen atoms in total. The van der Waals surface area contributed by atoms with Crippen molar-refractivity contribution < 1.29 is 4.79 Å². The number of amides is 1. The summed E-state index contributed by atoms with van der Waals surface area (Å²) in [4.78, 5) is 19.1. The number of pyridine rings is 1. The van der Waals surface area contributed by atoms with E-state index in [1.807, 2.05) is 25.7 Å². The molecule has 1 atom stereocenters. The lowest BCUT2D eigenvalue weighted by Crippen LogP contribution is -2.36.